The number of nitrogens with zero attached hydrogens (tertiary/aromatic N) is 1. The van der Waals surface area contributed by atoms with E-state index in [1.807, 2.05) is 0 Å². The van der Waals surface area contributed by atoms with E-state index in [-0.39, 0.29) is 44.2 Å². The normalized spacial score (nSPS) is 17.9. The number of carbonyl (C=O) groups is 3. The monoisotopic (exact) mass is 294 g/mol. The van der Waals surface area contributed by atoms with Crippen molar-refractivity contribution in [2.45, 2.75) is 31.8 Å². The summed E-state index contributed by atoms with van der Waals surface area (Å²) in [7, 11) is 0. The summed E-state index contributed by atoms with van der Waals surface area (Å²) in [6.07, 6.45) is 2.07. The first-order chi connectivity index (χ1) is 9.87. The molecule has 0 spiro atoms. The Morgan fingerprint density at radius 1 is 1.43 bits per heavy atom. The number of aliphatic hydroxyl groups is 1. The average Bonchev–Trinajstić information content (AvgIpc) is 3.01. The van der Waals surface area contributed by atoms with Crippen molar-refractivity contribution in [2.75, 3.05) is 13.1 Å². The van der Waals surface area contributed by atoms with Gasteiger partial charge in [-0.1, -0.05) is 0 Å². The molecule has 1 aliphatic rings. The second-order valence-electron chi connectivity index (χ2n) is 5.40. The van der Waals surface area contributed by atoms with Gasteiger partial charge in [-0.25, -0.2) is 0 Å². The van der Waals surface area contributed by atoms with E-state index in [1.165, 1.54) is 6.26 Å². The number of carbonyl (C=O) groups excluding carboxylic acids is 3. The van der Waals surface area contributed by atoms with Crippen molar-refractivity contribution < 1.29 is 23.9 Å². The zero-order valence-corrected chi connectivity index (χ0v) is 11.8. The summed E-state index contributed by atoms with van der Waals surface area (Å²) in [5.74, 6) is -0.535. The van der Waals surface area contributed by atoms with E-state index < -0.39 is 11.5 Å². The van der Waals surface area contributed by atoms with Crippen molar-refractivity contribution in [3.05, 3.63) is 24.2 Å². The van der Waals surface area contributed by atoms with Crippen LogP contribution in [-0.2, 0) is 20.8 Å². The predicted octanol–water partition coefficient (Wildman–Crippen LogP) is -0.162. The van der Waals surface area contributed by atoms with Gasteiger partial charge in [0.05, 0.1) is 11.9 Å². The molecule has 7 heteroatoms. The molecule has 21 heavy (non-hydrogen) atoms. The molecule has 2 heterocycles. The molecule has 7 nitrogen and oxygen atoms in total. The highest BCUT2D eigenvalue weighted by Crippen LogP contribution is 2.13. The van der Waals surface area contributed by atoms with Crippen LogP contribution in [0.2, 0.25) is 0 Å². The van der Waals surface area contributed by atoms with Gasteiger partial charge in [-0.05, 0) is 19.1 Å². The van der Waals surface area contributed by atoms with Gasteiger partial charge in [0.25, 0.3) is 0 Å². The summed E-state index contributed by atoms with van der Waals surface area (Å²) in [6, 6.07) is 3.45. The van der Waals surface area contributed by atoms with Gasteiger partial charge in [-0.2, -0.15) is 0 Å². The molecular formula is C14H18N2O5. The Labute approximate surface area is 121 Å². The largest absolute Gasteiger partial charge is 0.469 e. The van der Waals surface area contributed by atoms with Crippen molar-refractivity contribution in [2.24, 2.45) is 0 Å². The van der Waals surface area contributed by atoms with Crippen LogP contribution >= 0.6 is 0 Å². The van der Waals surface area contributed by atoms with Gasteiger partial charge in [0.1, 0.15) is 12.3 Å². The molecule has 2 rings (SSSR count). The highest BCUT2D eigenvalue weighted by atomic mass is 16.3. The minimum absolute atomic E-state index is 0.00273. The van der Waals surface area contributed by atoms with E-state index in [0.717, 1.165) is 4.90 Å². The van der Waals surface area contributed by atoms with Crippen LogP contribution in [0.15, 0.2) is 22.8 Å². The SMILES string of the molecule is C[C@](O)(CNC(=O)CN1C(=O)CCC1=O)Cc1ccco1. The topological polar surface area (TPSA) is 99.9 Å². The summed E-state index contributed by atoms with van der Waals surface area (Å²) in [6.45, 7) is 1.28. The van der Waals surface area contributed by atoms with Crippen LogP contribution in [0.25, 0.3) is 0 Å². The number of likely N-dealkylation sites (tertiary alicyclic amines) is 1. The number of rotatable bonds is 6. The van der Waals surface area contributed by atoms with Crippen molar-refractivity contribution in [3.8, 4) is 0 Å². The van der Waals surface area contributed by atoms with Gasteiger partial charge in [-0.15, -0.1) is 0 Å². The summed E-state index contributed by atoms with van der Waals surface area (Å²) in [5.41, 5.74) is -1.17. The fraction of sp³-hybridized carbons (Fsp3) is 0.500. The molecule has 1 aliphatic heterocycles. The molecule has 1 aromatic rings. The van der Waals surface area contributed by atoms with Crippen molar-refractivity contribution >= 4 is 17.7 Å². The smallest absolute Gasteiger partial charge is 0.240 e. The third kappa shape index (κ3) is 4.16. The highest BCUT2D eigenvalue weighted by molar-refractivity contribution is 6.04. The molecule has 0 saturated carbocycles. The maximum Gasteiger partial charge on any atom is 0.240 e. The molecule has 0 unspecified atom stereocenters. The zero-order valence-electron chi connectivity index (χ0n) is 11.8. The number of nitrogens with one attached hydrogen (secondary N) is 1. The first-order valence-electron chi connectivity index (χ1n) is 6.72. The lowest BCUT2D eigenvalue weighted by atomic mass is 10.0. The molecule has 1 atom stereocenters. The predicted molar refractivity (Wildman–Crippen MR) is 72.0 cm³/mol. The third-order valence-corrected chi connectivity index (χ3v) is 3.26. The van der Waals surface area contributed by atoms with E-state index in [4.69, 9.17) is 4.42 Å². The van der Waals surface area contributed by atoms with Gasteiger partial charge in [0.2, 0.25) is 17.7 Å². The molecule has 1 fully saturated rings. The Morgan fingerprint density at radius 3 is 2.67 bits per heavy atom. The van der Waals surface area contributed by atoms with Crippen molar-refractivity contribution in [3.63, 3.8) is 0 Å². The number of hydrogen-bond acceptors (Lipinski definition) is 5. The van der Waals surface area contributed by atoms with Crippen LogP contribution < -0.4 is 5.32 Å². The molecular weight excluding hydrogens is 276 g/mol. The lowest BCUT2D eigenvalue weighted by Gasteiger charge is -2.23. The molecule has 0 bridgehead atoms. The fourth-order valence-electron chi connectivity index (χ4n) is 2.14. The van der Waals surface area contributed by atoms with Crippen LogP contribution in [0, 0.1) is 0 Å². The van der Waals surface area contributed by atoms with E-state index >= 15 is 0 Å². The Bertz CT molecular complexity index is 520. The van der Waals surface area contributed by atoms with Crippen LogP contribution in [0.4, 0.5) is 0 Å². The molecule has 0 aromatic carbocycles. The van der Waals surface area contributed by atoms with Crippen LogP contribution in [0.1, 0.15) is 25.5 Å². The molecule has 0 aliphatic carbocycles. The first kappa shape index (κ1) is 15.2. The standard InChI is InChI=1S/C14H18N2O5/c1-14(20,7-10-3-2-6-21-10)9-15-11(17)8-16-12(18)4-5-13(16)19/h2-3,6,20H,4-5,7-9H2,1H3,(H,15,17)/t14-/m1/s1. The lowest BCUT2D eigenvalue weighted by Crippen LogP contribution is -2.46. The molecule has 1 saturated heterocycles. The summed E-state index contributed by atoms with van der Waals surface area (Å²) < 4.78 is 5.14. The van der Waals surface area contributed by atoms with Crippen LogP contribution in [0.3, 0.4) is 0 Å². The van der Waals surface area contributed by atoms with E-state index in [9.17, 15) is 19.5 Å². The number of hydrogen-bond donors (Lipinski definition) is 2. The van der Waals surface area contributed by atoms with Crippen LogP contribution in [-0.4, -0.2) is 46.4 Å². The zero-order chi connectivity index (χ0) is 15.5. The number of furan rings is 1. The summed E-state index contributed by atoms with van der Waals surface area (Å²) >= 11 is 0. The number of imide groups is 1. The Balaban J connectivity index is 1.80. The van der Waals surface area contributed by atoms with Crippen molar-refractivity contribution in [1.29, 1.82) is 0 Å². The Hall–Kier alpha value is -2.15. The molecule has 0 radical (unpaired) electrons. The minimum atomic E-state index is -1.17. The molecule has 3 amide bonds. The maximum absolute atomic E-state index is 11.7. The van der Waals surface area contributed by atoms with Gasteiger partial charge in [0, 0.05) is 25.8 Å². The minimum Gasteiger partial charge on any atom is -0.469 e. The highest BCUT2D eigenvalue weighted by Gasteiger charge is 2.31. The van der Waals surface area contributed by atoms with Gasteiger partial charge in [0.15, 0.2) is 0 Å². The van der Waals surface area contributed by atoms with Gasteiger partial charge >= 0.3 is 0 Å². The van der Waals surface area contributed by atoms with Gasteiger partial charge < -0.3 is 14.8 Å². The Morgan fingerprint density at radius 2 is 2.10 bits per heavy atom. The van der Waals surface area contributed by atoms with E-state index in [2.05, 4.69) is 5.32 Å². The van der Waals surface area contributed by atoms with E-state index in [0.29, 0.717) is 5.76 Å². The molecule has 1 aromatic heterocycles. The first-order valence-corrected chi connectivity index (χ1v) is 6.72. The third-order valence-electron chi connectivity index (χ3n) is 3.26. The molecule has 114 valence electrons. The lowest BCUT2D eigenvalue weighted by molar-refractivity contribution is -0.142. The second kappa shape index (κ2) is 6.09. The van der Waals surface area contributed by atoms with Crippen molar-refractivity contribution in [1.82, 2.24) is 10.2 Å². The summed E-state index contributed by atoms with van der Waals surface area (Å²) in [4.78, 5) is 35.5. The average molecular weight is 294 g/mol. The Kier molecular flexibility index (Phi) is 4.42. The fourth-order valence-corrected chi connectivity index (χ4v) is 2.14. The molecule has 2 N–H and O–H groups in total. The number of amides is 3. The van der Waals surface area contributed by atoms with E-state index in [1.54, 1.807) is 19.1 Å². The quantitative estimate of drug-likeness (QED) is 0.710. The summed E-state index contributed by atoms with van der Waals surface area (Å²) in [5, 5.41) is 12.7. The second-order valence-corrected chi connectivity index (χ2v) is 5.40. The maximum atomic E-state index is 11.7. The van der Waals surface area contributed by atoms with Crippen LogP contribution in [0.5, 0.6) is 0 Å². The van der Waals surface area contributed by atoms with Gasteiger partial charge in [-0.3, -0.25) is 19.3 Å².